The second-order valence-electron chi connectivity index (χ2n) is 7.51. The minimum absolute atomic E-state index is 0.993. The van der Waals surface area contributed by atoms with E-state index in [4.69, 9.17) is 0 Å². The number of para-hydroxylation sites is 1. The fourth-order valence-electron chi connectivity index (χ4n) is 3.69. The highest BCUT2D eigenvalue weighted by Gasteiger charge is 2.14. The zero-order valence-corrected chi connectivity index (χ0v) is 17.6. The van der Waals surface area contributed by atoms with Crippen molar-refractivity contribution in [1.29, 1.82) is 0 Å². The maximum atomic E-state index is 4.57. The summed E-state index contributed by atoms with van der Waals surface area (Å²) in [4.78, 5) is 2.25. The summed E-state index contributed by atoms with van der Waals surface area (Å²) in [5.74, 6) is 0. The lowest BCUT2D eigenvalue weighted by Gasteiger charge is -2.26. The van der Waals surface area contributed by atoms with Crippen molar-refractivity contribution in [1.82, 2.24) is 19.6 Å². The molecule has 0 aliphatic rings. The Balaban J connectivity index is 1.63. The third kappa shape index (κ3) is 3.85. The molecule has 2 heterocycles. The molecule has 0 saturated heterocycles. The first-order valence-electron chi connectivity index (χ1n) is 10.3. The number of anilines is 3. The monoisotopic (exact) mass is 405 g/mol. The Bertz CT molecular complexity index is 1230. The molecule has 0 aliphatic heterocycles. The van der Waals surface area contributed by atoms with Crippen LogP contribution in [0.5, 0.6) is 0 Å². The molecule has 0 N–H and O–H groups in total. The van der Waals surface area contributed by atoms with Crippen LogP contribution in [0.25, 0.3) is 11.4 Å². The Morgan fingerprint density at radius 2 is 1.03 bits per heavy atom. The highest BCUT2D eigenvalue weighted by atomic mass is 15.3. The van der Waals surface area contributed by atoms with Gasteiger partial charge in [-0.25, -0.2) is 9.36 Å². The van der Waals surface area contributed by atoms with Gasteiger partial charge in [-0.1, -0.05) is 30.3 Å². The second kappa shape index (κ2) is 7.95. The van der Waals surface area contributed by atoms with Crippen LogP contribution < -0.4 is 4.90 Å². The van der Waals surface area contributed by atoms with E-state index in [1.807, 2.05) is 53.8 Å². The van der Waals surface area contributed by atoms with Gasteiger partial charge in [0.1, 0.15) is 0 Å². The molecule has 5 rings (SSSR count). The summed E-state index contributed by atoms with van der Waals surface area (Å²) in [5, 5.41) is 9.14. The van der Waals surface area contributed by atoms with Crippen molar-refractivity contribution in [2.45, 2.75) is 13.8 Å². The molecule has 2 aromatic heterocycles. The quantitative estimate of drug-likeness (QED) is 0.352. The Hall–Kier alpha value is -4.12. The van der Waals surface area contributed by atoms with E-state index in [1.165, 1.54) is 0 Å². The number of aryl methyl sites for hydroxylation is 2. The predicted octanol–water partition coefficient (Wildman–Crippen LogP) is 6.14. The van der Waals surface area contributed by atoms with Gasteiger partial charge in [-0.15, -0.1) is 0 Å². The van der Waals surface area contributed by atoms with Gasteiger partial charge in [0.25, 0.3) is 0 Å². The highest BCUT2D eigenvalue weighted by molar-refractivity contribution is 5.78. The lowest BCUT2D eigenvalue weighted by atomic mass is 10.1. The Morgan fingerprint density at radius 3 is 1.48 bits per heavy atom. The molecule has 0 atom stereocenters. The third-order valence-electron chi connectivity index (χ3n) is 5.16. The van der Waals surface area contributed by atoms with Crippen LogP contribution in [0.3, 0.4) is 0 Å². The number of benzene rings is 3. The van der Waals surface area contributed by atoms with E-state index in [0.29, 0.717) is 0 Å². The van der Waals surface area contributed by atoms with Crippen LogP contribution in [0.15, 0.2) is 103 Å². The molecule has 0 amide bonds. The first-order valence-corrected chi connectivity index (χ1v) is 10.3. The van der Waals surface area contributed by atoms with Crippen molar-refractivity contribution >= 4 is 17.1 Å². The first kappa shape index (κ1) is 18.9. The van der Waals surface area contributed by atoms with Crippen molar-refractivity contribution < 1.29 is 0 Å². The topological polar surface area (TPSA) is 38.9 Å². The summed E-state index contributed by atoms with van der Waals surface area (Å²) in [6.45, 7) is 4.00. The van der Waals surface area contributed by atoms with Gasteiger partial charge in [0.15, 0.2) is 0 Å². The van der Waals surface area contributed by atoms with Gasteiger partial charge in [0.2, 0.25) is 0 Å². The van der Waals surface area contributed by atoms with E-state index in [1.54, 1.807) is 0 Å². The maximum Gasteiger partial charge on any atom is 0.0666 e. The Morgan fingerprint density at radius 1 is 0.548 bits per heavy atom. The van der Waals surface area contributed by atoms with Gasteiger partial charge >= 0.3 is 0 Å². The van der Waals surface area contributed by atoms with Gasteiger partial charge in [-0.2, -0.15) is 10.2 Å². The molecule has 0 radical (unpaired) electrons. The molecule has 3 aromatic carbocycles. The molecule has 5 aromatic rings. The molecule has 0 aliphatic carbocycles. The summed E-state index contributed by atoms with van der Waals surface area (Å²) in [6, 6.07) is 31.3. The average molecular weight is 406 g/mol. The smallest absolute Gasteiger partial charge is 0.0666 e. The number of aromatic nitrogens is 4. The SMILES string of the molecule is Cc1ccn(-c2cccc(N(c3ccccc3)c3cccc(-n4ccc(C)n4)c3)c2)n1. The minimum Gasteiger partial charge on any atom is -0.310 e. The molecule has 5 heteroatoms. The standard InChI is InChI=1S/C26H23N5/c1-20-14-16-29(27-20)23-10-6-12-25(18-23)31(22-8-4-3-5-9-22)26-13-7-11-24(19-26)30-17-15-21(2)28-30/h3-19H,1-2H3. The van der Waals surface area contributed by atoms with Crippen molar-refractivity contribution in [2.75, 3.05) is 4.90 Å². The van der Waals surface area contributed by atoms with E-state index < -0.39 is 0 Å². The third-order valence-corrected chi connectivity index (χ3v) is 5.16. The molecule has 5 nitrogen and oxygen atoms in total. The lowest BCUT2D eigenvalue weighted by molar-refractivity contribution is 0.861. The molecule has 31 heavy (non-hydrogen) atoms. The zero-order chi connectivity index (χ0) is 21.2. The van der Waals surface area contributed by atoms with Crippen molar-refractivity contribution in [3.05, 3.63) is 115 Å². The molecule has 0 spiro atoms. The fourth-order valence-corrected chi connectivity index (χ4v) is 3.69. The fraction of sp³-hybridized carbons (Fsp3) is 0.0769. The molecule has 0 fully saturated rings. The molecule has 152 valence electrons. The maximum absolute atomic E-state index is 4.57. The number of hydrogen-bond donors (Lipinski definition) is 0. The molecule has 0 saturated carbocycles. The van der Waals surface area contributed by atoms with Crippen LogP contribution in [-0.2, 0) is 0 Å². The van der Waals surface area contributed by atoms with Crippen LogP contribution in [-0.4, -0.2) is 19.6 Å². The number of nitrogens with zero attached hydrogens (tertiary/aromatic N) is 5. The van der Waals surface area contributed by atoms with Crippen molar-refractivity contribution in [3.8, 4) is 11.4 Å². The van der Waals surface area contributed by atoms with Gasteiger partial charge in [-0.3, -0.25) is 0 Å². The van der Waals surface area contributed by atoms with E-state index in [0.717, 1.165) is 39.8 Å². The number of hydrogen-bond acceptors (Lipinski definition) is 3. The summed E-state index contributed by atoms with van der Waals surface area (Å²) in [5.41, 5.74) is 7.23. The molecule has 0 bridgehead atoms. The molecular formula is C26H23N5. The normalized spacial score (nSPS) is 10.9. The van der Waals surface area contributed by atoms with E-state index >= 15 is 0 Å². The minimum atomic E-state index is 0.993. The van der Waals surface area contributed by atoms with E-state index in [9.17, 15) is 0 Å². The summed E-state index contributed by atoms with van der Waals surface area (Å²) in [6.07, 6.45) is 3.98. The summed E-state index contributed by atoms with van der Waals surface area (Å²) >= 11 is 0. The summed E-state index contributed by atoms with van der Waals surface area (Å²) in [7, 11) is 0. The molecule has 0 unspecified atom stereocenters. The highest BCUT2D eigenvalue weighted by Crippen LogP contribution is 2.35. The van der Waals surface area contributed by atoms with Crippen LogP contribution >= 0.6 is 0 Å². The van der Waals surface area contributed by atoms with E-state index in [2.05, 4.69) is 87.9 Å². The Labute approximate surface area is 181 Å². The zero-order valence-electron chi connectivity index (χ0n) is 17.6. The lowest BCUT2D eigenvalue weighted by Crippen LogP contribution is -2.11. The van der Waals surface area contributed by atoms with Crippen LogP contribution in [0.4, 0.5) is 17.1 Å². The van der Waals surface area contributed by atoms with Gasteiger partial charge < -0.3 is 4.90 Å². The Kier molecular flexibility index (Phi) is 4.84. The second-order valence-corrected chi connectivity index (χ2v) is 7.51. The van der Waals surface area contributed by atoms with Gasteiger partial charge in [0, 0.05) is 29.5 Å². The van der Waals surface area contributed by atoms with Crippen LogP contribution in [0.1, 0.15) is 11.4 Å². The first-order chi connectivity index (χ1) is 15.2. The van der Waals surface area contributed by atoms with Crippen molar-refractivity contribution in [3.63, 3.8) is 0 Å². The number of rotatable bonds is 5. The summed E-state index contributed by atoms with van der Waals surface area (Å²) < 4.78 is 3.82. The van der Waals surface area contributed by atoms with Crippen LogP contribution in [0.2, 0.25) is 0 Å². The average Bonchev–Trinajstić information content (AvgIpc) is 3.44. The largest absolute Gasteiger partial charge is 0.310 e. The van der Waals surface area contributed by atoms with Crippen molar-refractivity contribution in [2.24, 2.45) is 0 Å². The van der Waals surface area contributed by atoms with Gasteiger partial charge in [0.05, 0.1) is 22.8 Å². The molecular weight excluding hydrogens is 382 g/mol. The van der Waals surface area contributed by atoms with E-state index in [-0.39, 0.29) is 0 Å². The predicted molar refractivity (Wildman–Crippen MR) is 125 cm³/mol. The van der Waals surface area contributed by atoms with Gasteiger partial charge in [-0.05, 0) is 74.5 Å². The van der Waals surface area contributed by atoms with Crippen LogP contribution in [0, 0.1) is 13.8 Å².